The molecule has 3 aromatic rings. The number of nitrogens with zero attached hydrogens (tertiary/aromatic N) is 1. The Labute approximate surface area is 141 Å². The van der Waals surface area contributed by atoms with E-state index in [2.05, 4.69) is 4.98 Å². The van der Waals surface area contributed by atoms with Crippen LogP contribution in [0, 0.1) is 0 Å². The van der Waals surface area contributed by atoms with Crippen molar-refractivity contribution < 1.29 is 13.5 Å². The fraction of sp³-hybridized carbons (Fsp3) is 0.211. The van der Waals surface area contributed by atoms with Crippen molar-refractivity contribution in [2.45, 2.75) is 18.6 Å². The number of phenolic OH excluding ortho intramolecular Hbond substituents is 1. The molecule has 1 aromatic heterocycles. The van der Waals surface area contributed by atoms with E-state index in [-0.39, 0.29) is 5.75 Å². The summed E-state index contributed by atoms with van der Waals surface area (Å²) in [5, 5.41) is 9.98. The molecule has 3 rings (SSSR count). The van der Waals surface area contributed by atoms with Crippen molar-refractivity contribution in [3.63, 3.8) is 0 Å². The topological polar surface area (TPSA) is 67.3 Å². The molecule has 1 unspecified atom stereocenters. The van der Waals surface area contributed by atoms with Gasteiger partial charge in [0.25, 0.3) is 0 Å². The third-order valence-electron chi connectivity index (χ3n) is 4.20. The highest BCUT2D eigenvalue weighted by molar-refractivity contribution is 7.91. The molecule has 0 aliphatic carbocycles. The molecule has 124 valence electrons. The predicted molar refractivity (Wildman–Crippen MR) is 96.9 cm³/mol. The maximum absolute atomic E-state index is 11.6. The Balaban J connectivity index is 2.02. The molecule has 5 heteroatoms. The summed E-state index contributed by atoms with van der Waals surface area (Å²) < 4.78 is 23.2. The van der Waals surface area contributed by atoms with Crippen molar-refractivity contribution in [1.29, 1.82) is 0 Å². The summed E-state index contributed by atoms with van der Waals surface area (Å²) in [6.07, 6.45) is 3.45. The molecule has 0 fully saturated rings. The summed E-state index contributed by atoms with van der Waals surface area (Å²) in [5.41, 5.74) is 3.72. The first-order valence-corrected chi connectivity index (χ1v) is 9.66. The summed E-state index contributed by atoms with van der Waals surface area (Å²) in [7, 11) is -3.06. The second-order valence-corrected chi connectivity index (χ2v) is 8.58. The van der Waals surface area contributed by atoms with Crippen LogP contribution in [-0.4, -0.2) is 30.0 Å². The number of pyridine rings is 1. The fourth-order valence-electron chi connectivity index (χ4n) is 2.68. The minimum atomic E-state index is -3.06. The summed E-state index contributed by atoms with van der Waals surface area (Å²) >= 11 is 0. The first kappa shape index (κ1) is 16.5. The SMILES string of the molecule is CC(Cc1cnc2c(-c3ccc(O)cc3)cccc2c1)S(C)(=O)=O. The Morgan fingerprint density at radius 2 is 1.83 bits per heavy atom. The van der Waals surface area contributed by atoms with Crippen LogP contribution in [-0.2, 0) is 16.3 Å². The maximum Gasteiger partial charge on any atom is 0.150 e. The lowest BCUT2D eigenvalue weighted by Gasteiger charge is -2.11. The zero-order valence-corrected chi connectivity index (χ0v) is 14.4. The van der Waals surface area contributed by atoms with Gasteiger partial charge in [-0.15, -0.1) is 0 Å². The molecular formula is C19H19NO3S. The average molecular weight is 341 g/mol. The molecule has 1 N–H and O–H groups in total. The monoisotopic (exact) mass is 341 g/mol. The first-order chi connectivity index (χ1) is 11.3. The van der Waals surface area contributed by atoms with E-state index in [1.54, 1.807) is 25.3 Å². The molecule has 0 aliphatic rings. The second-order valence-electron chi connectivity index (χ2n) is 6.11. The standard InChI is InChI=1S/C19H19NO3S/c1-13(24(2,22)23)10-14-11-16-4-3-5-18(19(16)20-12-14)15-6-8-17(21)9-7-15/h3-9,11-13,21H,10H2,1-2H3. The zero-order chi connectivity index (χ0) is 17.3. The minimum absolute atomic E-state index is 0.226. The molecule has 24 heavy (non-hydrogen) atoms. The third-order valence-corrected chi connectivity index (χ3v) is 5.83. The van der Waals surface area contributed by atoms with E-state index in [0.717, 1.165) is 27.6 Å². The van der Waals surface area contributed by atoms with E-state index in [4.69, 9.17) is 0 Å². The van der Waals surface area contributed by atoms with Crippen molar-refractivity contribution in [3.05, 3.63) is 60.3 Å². The van der Waals surface area contributed by atoms with E-state index in [9.17, 15) is 13.5 Å². The lowest BCUT2D eigenvalue weighted by molar-refractivity contribution is 0.475. The predicted octanol–water partition coefficient (Wildman–Crippen LogP) is 3.58. The first-order valence-electron chi connectivity index (χ1n) is 7.70. The Bertz CT molecular complexity index is 979. The van der Waals surface area contributed by atoms with Gasteiger partial charge in [-0.25, -0.2) is 8.42 Å². The molecule has 1 atom stereocenters. The quantitative estimate of drug-likeness (QED) is 0.787. The summed E-state index contributed by atoms with van der Waals surface area (Å²) in [6.45, 7) is 1.71. The maximum atomic E-state index is 11.6. The van der Waals surface area contributed by atoms with Gasteiger partial charge in [-0.2, -0.15) is 0 Å². The normalized spacial score (nSPS) is 13.1. The number of para-hydroxylation sites is 1. The van der Waals surface area contributed by atoms with Crippen molar-refractivity contribution in [1.82, 2.24) is 4.98 Å². The van der Waals surface area contributed by atoms with Gasteiger partial charge in [-0.3, -0.25) is 4.98 Å². The smallest absolute Gasteiger partial charge is 0.150 e. The van der Waals surface area contributed by atoms with Gasteiger partial charge in [-0.1, -0.05) is 30.3 Å². The number of fused-ring (bicyclic) bond motifs is 1. The van der Waals surface area contributed by atoms with Crippen molar-refractivity contribution in [2.75, 3.05) is 6.26 Å². The molecule has 0 spiro atoms. The van der Waals surface area contributed by atoms with Crippen LogP contribution in [0.3, 0.4) is 0 Å². The number of aromatic hydroxyl groups is 1. The van der Waals surface area contributed by atoms with E-state index in [1.165, 1.54) is 6.26 Å². The van der Waals surface area contributed by atoms with E-state index in [1.807, 2.05) is 36.4 Å². The van der Waals surface area contributed by atoms with Crippen molar-refractivity contribution >= 4 is 20.7 Å². The van der Waals surface area contributed by atoms with Crippen LogP contribution in [0.25, 0.3) is 22.0 Å². The molecule has 2 aromatic carbocycles. The Hall–Kier alpha value is -2.40. The highest BCUT2D eigenvalue weighted by Crippen LogP contribution is 2.29. The largest absolute Gasteiger partial charge is 0.508 e. The number of benzene rings is 2. The summed E-state index contributed by atoms with van der Waals surface area (Å²) in [4.78, 5) is 4.56. The van der Waals surface area contributed by atoms with Gasteiger partial charge in [0.15, 0.2) is 0 Å². The van der Waals surface area contributed by atoms with Gasteiger partial charge >= 0.3 is 0 Å². The van der Waals surface area contributed by atoms with E-state index in [0.29, 0.717) is 6.42 Å². The summed E-state index contributed by atoms with van der Waals surface area (Å²) in [6, 6.07) is 14.9. The average Bonchev–Trinajstić information content (AvgIpc) is 2.54. The minimum Gasteiger partial charge on any atom is -0.508 e. The van der Waals surface area contributed by atoms with Crippen LogP contribution in [0.4, 0.5) is 0 Å². The molecule has 0 radical (unpaired) electrons. The zero-order valence-electron chi connectivity index (χ0n) is 13.6. The highest BCUT2D eigenvalue weighted by atomic mass is 32.2. The molecule has 0 saturated heterocycles. The fourth-order valence-corrected chi connectivity index (χ4v) is 3.17. The van der Waals surface area contributed by atoms with Gasteiger partial charge in [0, 0.05) is 23.4 Å². The number of hydrogen-bond acceptors (Lipinski definition) is 4. The molecule has 0 amide bonds. The molecule has 1 heterocycles. The van der Waals surface area contributed by atoms with Crippen LogP contribution >= 0.6 is 0 Å². The molecule has 0 bridgehead atoms. The lowest BCUT2D eigenvalue weighted by Crippen LogP contribution is -2.18. The number of rotatable bonds is 4. The van der Waals surface area contributed by atoms with Gasteiger partial charge in [-0.05, 0) is 42.7 Å². The van der Waals surface area contributed by atoms with Gasteiger partial charge in [0.2, 0.25) is 0 Å². The van der Waals surface area contributed by atoms with Crippen LogP contribution in [0.2, 0.25) is 0 Å². The second kappa shape index (κ2) is 6.24. The van der Waals surface area contributed by atoms with E-state index < -0.39 is 15.1 Å². The number of sulfone groups is 1. The van der Waals surface area contributed by atoms with Crippen LogP contribution in [0.1, 0.15) is 12.5 Å². The van der Waals surface area contributed by atoms with Crippen LogP contribution in [0.15, 0.2) is 54.7 Å². The van der Waals surface area contributed by atoms with Gasteiger partial charge in [0.05, 0.1) is 10.8 Å². The molecule has 0 aliphatic heterocycles. The van der Waals surface area contributed by atoms with Crippen LogP contribution in [0.5, 0.6) is 5.75 Å². The molecule has 4 nitrogen and oxygen atoms in total. The van der Waals surface area contributed by atoms with Crippen LogP contribution < -0.4 is 0 Å². The van der Waals surface area contributed by atoms with Gasteiger partial charge in [0.1, 0.15) is 15.6 Å². The Morgan fingerprint density at radius 3 is 2.50 bits per heavy atom. The molecule has 0 saturated carbocycles. The number of hydrogen-bond donors (Lipinski definition) is 1. The number of phenols is 1. The Morgan fingerprint density at radius 1 is 1.12 bits per heavy atom. The van der Waals surface area contributed by atoms with Crippen molar-refractivity contribution in [2.24, 2.45) is 0 Å². The van der Waals surface area contributed by atoms with Gasteiger partial charge < -0.3 is 5.11 Å². The van der Waals surface area contributed by atoms with Crippen molar-refractivity contribution in [3.8, 4) is 16.9 Å². The van der Waals surface area contributed by atoms with E-state index >= 15 is 0 Å². The highest BCUT2D eigenvalue weighted by Gasteiger charge is 2.16. The third kappa shape index (κ3) is 3.41. The summed E-state index contributed by atoms with van der Waals surface area (Å²) in [5.74, 6) is 0.226. The lowest BCUT2D eigenvalue weighted by atomic mass is 10.0. The Kier molecular flexibility index (Phi) is 4.28. The molecular weight excluding hydrogens is 322 g/mol. The number of aromatic nitrogens is 1.